The molecule has 2 aliphatic heterocycles. The van der Waals surface area contributed by atoms with Crippen LogP contribution in [0.15, 0.2) is 53.8 Å². The highest BCUT2D eigenvalue weighted by atomic mass is 32.2. The van der Waals surface area contributed by atoms with E-state index in [1.165, 1.54) is 5.56 Å². The molecule has 8 heteroatoms. The first-order valence-electron chi connectivity index (χ1n) is 10.1. The fourth-order valence-electron chi connectivity index (χ4n) is 4.17. The van der Waals surface area contributed by atoms with Crippen LogP contribution in [0, 0.1) is 0 Å². The van der Waals surface area contributed by atoms with E-state index in [0.717, 1.165) is 28.3 Å². The highest BCUT2D eigenvalue weighted by Crippen LogP contribution is 2.48. The summed E-state index contributed by atoms with van der Waals surface area (Å²) in [6.45, 7) is 5.55. The maximum Gasteiger partial charge on any atom is 0.229 e. The zero-order valence-corrected chi connectivity index (χ0v) is 18.5. The van der Waals surface area contributed by atoms with Crippen LogP contribution in [0.25, 0.3) is 11.3 Å². The first-order valence-corrected chi connectivity index (χ1v) is 11.7. The molecule has 5 rings (SSSR count). The first kappa shape index (κ1) is 20.4. The normalized spacial score (nSPS) is 18.0. The third-order valence-electron chi connectivity index (χ3n) is 6.02. The molecule has 3 aromatic rings. The van der Waals surface area contributed by atoms with Gasteiger partial charge in [0.05, 0.1) is 35.6 Å². The lowest BCUT2D eigenvalue weighted by molar-refractivity contribution is -0.0507. The number of hydrogen-bond donors (Lipinski definition) is 1. The molecule has 1 atom stereocenters. The molecule has 1 unspecified atom stereocenters. The van der Waals surface area contributed by atoms with Crippen molar-refractivity contribution in [1.29, 1.82) is 0 Å². The number of aromatic nitrogens is 3. The van der Waals surface area contributed by atoms with Crippen molar-refractivity contribution in [3.63, 3.8) is 0 Å². The molecule has 1 spiro atoms. The number of anilines is 2. The van der Waals surface area contributed by atoms with Gasteiger partial charge in [-0.25, -0.2) is 9.97 Å². The number of benzene rings is 1. The molecule has 2 aromatic heterocycles. The van der Waals surface area contributed by atoms with Gasteiger partial charge in [-0.3, -0.25) is 4.98 Å². The van der Waals surface area contributed by atoms with Gasteiger partial charge in [0.1, 0.15) is 6.26 Å². The van der Waals surface area contributed by atoms with Crippen LogP contribution in [0.1, 0.15) is 25.0 Å². The van der Waals surface area contributed by atoms with Crippen molar-refractivity contribution in [2.75, 3.05) is 30.9 Å². The van der Waals surface area contributed by atoms with Crippen LogP contribution < -0.4 is 4.90 Å². The van der Waals surface area contributed by atoms with Crippen molar-refractivity contribution in [1.82, 2.24) is 15.0 Å². The molecular weight excluding hydrogens is 412 g/mol. The fraction of sp³-hybridized carbons (Fsp3) is 0.348. The third-order valence-corrected chi connectivity index (χ3v) is 6.94. The van der Waals surface area contributed by atoms with Crippen molar-refractivity contribution in [3.05, 3.63) is 60.0 Å². The Bertz CT molecular complexity index is 1120. The maximum absolute atomic E-state index is 12.0. The topological polar surface area (TPSA) is 94.4 Å². The van der Waals surface area contributed by atoms with Crippen molar-refractivity contribution in [2.24, 2.45) is 0 Å². The number of ether oxygens (including phenoxy) is 1. The summed E-state index contributed by atoms with van der Waals surface area (Å²) in [5.74, 6) is 0.589. The summed E-state index contributed by atoms with van der Waals surface area (Å²) in [7, 11) is 0. The smallest absolute Gasteiger partial charge is 0.229 e. The van der Waals surface area contributed by atoms with E-state index in [4.69, 9.17) is 4.74 Å². The van der Waals surface area contributed by atoms with Gasteiger partial charge in [0.2, 0.25) is 5.95 Å². The van der Waals surface area contributed by atoms with Crippen molar-refractivity contribution >= 4 is 22.8 Å². The lowest BCUT2D eigenvalue weighted by atomic mass is 9.81. The van der Waals surface area contributed by atoms with E-state index in [2.05, 4.69) is 25.9 Å². The maximum atomic E-state index is 12.0. The van der Waals surface area contributed by atoms with E-state index in [-0.39, 0.29) is 5.41 Å². The molecule has 1 fully saturated rings. The number of fused-ring (bicyclic) bond motifs is 2. The Morgan fingerprint density at radius 1 is 1.13 bits per heavy atom. The highest BCUT2D eigenvalue weighted by Gasteiger charge is 2.49. The second kappa shape index (κ2) is 7.27. The summed E-state index contributed by atoms with van der Waals surface area (Å²) in [6, 6.07) is 9.63. The Morgan fingerprint density at radius 2 is 1.87 bits per heavy atom. The standard InChI is InChI=1S/C23H24N4O3S/c1-22(2,28)16-6-7-24-19(8-16)15-10-25-21(26-11-15)27-12-23(13-30-14-23)18-5-4-17(31(3)29)9-20(18)27/h4-11,28H,12-14H2,1-3H3. The minimum absolute atomic E-state index is 0.0618. The third kappa shape index (κ3) is 3.49. The predicted molar refractivity (Wildman–Crippen MR) is 119 cm³/mol. The fourth-order valence-corrected chi connectivity index (χ4v) is 4.71. The zero-order chi connectivity index (χ0) is 21.8. The van der Waals surface area contributed by atoms with Crippen LogP contribution in [0.5, 0.6) is 0 Å². The number of nitrogens with zero attached hydrogens (tertiary/aromatic N) is 4. The molecule has 0 aliphatic carbocycles. The predicted octanol–water partition coefficient (Wildman–Crippen LogP) is 2.92. The average Bonchev–Trinajstić information content (AvgIpc) is 3.09. The summed E-state index contributed by atoms with van der Waals surface area (Å²) in [5, 5.41) is 10.3. The van der Waals surface area contributed by atoms with Crippen molar-refractivity contribution in [3.8, 4) is 11.3 Å². The molecule has 0 radical (unpaired) electrons. The SMILES string of the molecule is C[S+]([O-])c1ccc2c(c1)N(c1ncc(-c3cc(C(C)(C)O)ccn3)cn1)CC21COC1. The molecule has 0 bridgehead atoms. The van der Waals surface area contributed by atoms with Gasteiger partial charge in [0.15, 0.2) is 4.90 Å². The minimum atomic E-state index is -1.07. The monoisotopic (exact) mass is 436 g/mol. The molecule has 31 heavy (non-hydrogen) atoms. The molecule has 0 saturated carbocycles. The van der Waals surface area contributed by atoms with E-state index in [1.54, 1.807) is 44.8 Å². The second-order valence-corrected chi connectivity index (χ2v) is 10.1. The van der Waals surface area contributed by atoms with E-state index in [9.17, 15) is 9.66 Å². The van der Waals surface area contributed by atoms with E-state index >= 15 is 0 Å². The number of rotatable bonds is 4. The van der Waals surface area contributed by atoms with E-state index in [1.807, 2.05) is 18.2 Å². The Balaban J connectivity index is 1.49. The van der Waals surface area contributed by atoms with Crippen molar-refractivity contribution in [2.45, 2.75) is 29.8 Å². The molecule has 0 amide bonds. The quantitative estimate of drug-likeness (QED) is 0.629. The minimum Gasteiger partial charge on any atom is -0.612 e. The Labute approximate surface area is 184 Å². The van der Waals surface area contributed by atoms with Crippen LogP contribution in [0.2, 0.25) is 0 Å². The molecular formula is C23H24N4O3S. The van der Waals surface area contributed by atoms with Gasteiger partial charge >= 0.3 is 0 Å². The molecule has 160 valence electrons. The van der Waals surface area contributed by atoms with E-state index < -0.39 is 16.8 Å². The summed E-state index contributed by atoms with van der Waals surface area (Å²) in [5.41, 5.74) is 3.44. The van der Waals surface area contributed by atoms with Gasteiger partial charge in [-0.15, -0.1) is 0 Å². The van der Waals surface area contributed by atoms with Gasteiger partial charge in [-0.05, 0) is 54.3 Å². The summed E-state index contributed by atoms with van der Waals surface area (Å²) in [6.07, 6.45) is 6.87. The zero-order valence-electron chi connectivity index (χ0n) is 17.7. The lowest BCUT2D eigenvalue weighted by Gasteiger charge is -2.38. The largest absolute Gasteiger partial charge is 0.612 e. The summed E-state index contributed by atoms with van der Waals surface area (Å²) >= 11 is -1.07. The Kier molecular flexibility index (Phi) is 4.78. The molecule has 7 nitrogen and oxygen atoms in total. The van der Waals surface area contributed by atoms with Gasteiger partial charge in [-0.1, -0.05) is 6.07 Å². The molecule has 1 N–H and O–H groups in total. The molecule has 2 aliphatic rings. The number of aliphatic hydroxyl groups is 1. The summed E-state index contributed by atoms with van der Waals surface area (Å²) in [4.78, 5) is 16.5. The molecule has 1 aromatic carbocycles. The van der Waals surface area contributed by atoms with Gasteiger partial charge in [0, 0.05) is 36.8 Å². The van der Waals surface area contributed by atoms with Crippen LogP contribution >= 0.6 is 0 Å². The van der Waals surface area contributed by atoms with Crippen LogP contribution in [-0.4, -0.2) is 50.6 Å². The number of pyridine rings is 1. The van der Waals surface area contributed by atoms with Crippen LogP contribution in [0.3, 0.4) is 0 Å². The average molecular weight is 437 g/mol. The highest BCUT2D eigenvalue weighted by molar-refractivity contribution is 7.90. The van der Waals surface area contributed by atoms with Gasteiger partial charge < -0.3 is 19.3 Å². The van der Waals surface area contributed by atoms with Gasteiger partial charge in [0.25, 0.3) is 0 Å². The van der Waals surface area contributed by atoms with Gasteiger partial charge in [-0.2, -0.15) is 0 Å². The van der Waals surface area contributed by atoms with Crippen molar-refractivity contribution < 1.29 is 14.4 Å². The van der Waals surface area contributed by atoms with Crippen LogP contribution in [0.4, 0.5) is 11.6 Å². The van der Waals surface area contributed by atoms with Crippen LogP contribution in [-0.2, 0) is 26.9 Å². The first-order chi connectivity index (χ1) is 14.8. The summed E-state index contributed by atoms with van der Waals surface area (Å²) < 4.78 is 17.6. The lowest BCUT2D eigenvalue weighted by Crippen LogP contribution is -2.49. The van der Waals surface area contributed by atoms with E-state index in [0.29, 0.717) is 24.9 Å². The second-order valence-electron chi connectivity index (χ2n) is 8.75. The Hall–Kier alpha value is -2.52. The molecule has 1 saturated heterocycles. The number of hydrogen-bond acceptors (Lipinski definition) is 7. The molecule has 4 heterocycles. The Morgan fingerprint density at radius 3 is 2.48 bits per heavy atom.